The van der Waals surface area contributed by atoms with Crippen molar-refractivity contribution in [3.63, 3.8) is 0 Å². The van der Waals surface area contributed by atoms with Gasteiger partial charge in [0, 0.05) is 25.2 Å². The van der Waals surface area contributed by atoms with Crippen molar-refractivity contribution in [1.29, 1.82) is 0 Å². The number of sulfonamides is 1. The van der Waals surface area contributed by atoms with E-state index in [0.717, 1.165) is 10.4 Å². The van der Waals surface area contributed by atoms with Crippen molar-refractivity contribution in [2.24, 2.45) is 0 Å². The van der Waals surface area contributed by atoms with E-state index < -0.39 is 21.0 Å². The normalized spacial score (nSPS) is 13.5. The van der Waals surface area contributed by atoms with Crippen LogP contribution in [0.5, 0.6) is 0 Å². The van der Waals surface area contributed by atoms with E-state index in [-0.39, 0.29) is 17.2 Å². The monoisotopic (exact) mass is 302 g/mol. The highest BCUT2D eigenvalue weighted by Gasteiger charge is 2.29. The molecule has 1 unspecified atom stereocenters. The van der Waals surface area contributed by atoms with E-state index in [4.69, 9.17) is 5.11 Å². The highest BCUT2D eigenvalue weighted by molar-refractivity contribution is 7.89. The molecule has 1 aromatic rings. The fourth-order valence-electron chi connectivity index (χ4n) is 1.69. The summed E-state index contributed by atoms with van der Waals surface area (Å²) in [5.41, 5.74) is 0.729. The topological polar surface area (TPSA) is 101 Å². The van der Waals surface area contributed by atoms with Crippen LogP contribution in [0.1, 0.15) is 18.1 Å². The van der Waals surface area contributed by atoms with Crippen molar-refractivity contribution in [2.75, 3.05) is 13.7 Å². The van der Waals surface area contributed by atoms with Crippen LogP contribution in [-0.4, -0.2) is 42.4 Å². The molecule has 0 amide bonds. The van der Waals surface area contributed by atoms with Crippen LogP contribution >= 0.6 is 0 Å². The van der Waals surface area contributed by atoms with Crippen LogP contribution < -0.4 is 0 Å². The molecule has 7 nitrogen and oxygen atoms in total. The molecule has 0 saturated carbocycles. The largest absolute Gasteiger partial charge is 0.395 e. The number of nitro benzene ring substituents is 1. The molecule has 0 radical (unpaired) electrons. The predicted molar refractivity (Wildman–Crippen MR) is 74.1 cm³/mol. The Morgan fingerprint density at radius 1 is 1.40 bits per heavy atom. The average molecular weight is 302 g/mol. The molecule has 0 aliphatic rings. The number of aliphatic hydroxyl groups is 1. The van der Waals surface area contributed by atoms with E-state index in [1.807, 2.05) is 0 Å². The number of hydrogen-bond acceptors (Lipinski definition) is 5. The quantitative estimate of drug-likeness (QED) is 0.651. The first-order valence-corrected chi connectivity index (χ1v) is 7.41. The van der Waals surface area contributed by atoms with E-state index in [2.05, 4.69) is 0 Å². The molecule has 0 spiro atoms. The van der Waals surface area contributed by atoms with E-state index in [0.29, 0.717) is 11.1 Å². The maximum atomic E-state index is 12.5. The van der Waals surface area contributed by atoms with Gasteiger partial charge >= 0.3 is 0 Å². The van der Waals surface area contributed by atoms with Crippen LogP contribution in [0.4, 0.5) is 5.69 Å². The maximum absolute atomic E-state index is 12.5. The summed E-state index contributed by atoms with van der Waals surface area (Å²) < 4.78 is 26.0. The number of aryl methyl sites for hydroxylation is 1. The molecule has 0 bridgehead atoms. The van der Waals surface area contributed by atoms with Crippen LogP contribution in [0, 0.1) is 24.0 Å². The average Bonchev–Trinajstić information content (AvgIpc) is 2.39. The lowest BCUT2D eigenvalue weighted by Gasteiger charge is -2.23. The Labute approximate surface area is 118 Å². The fraction of sp³-hybridized carbons (Fsp3) is 0.500. The van der Waals surface area contributed by atoms with Crippen molar-refractivity contribution in [1.82, 2.24) is 4.31 Å². The van der Waals surface area contributed by atoms with Crippen molar-refractivity contribution >= 4 is 15.7 Å². The Morgan fingerprint density at radius 3 is 2.40 bits per heavy atom. The lowest BCUT2D eigenvalue weighted by molar-refractivity contribution is -0.385. The summed E-state index contributed by atoms with van der Waals surface area (Å²) in [6.07, 6.45) is 0. The molecule has 1 rings (SSSR count). The Balaban J connectivity index is 3.49. The number of aliphatic hydroxyl groups excluding tert-OH is 1. The van der Waals surface area contributed by atoms with E-state index in [9.17, 15) is 18.5 Å². The number of nitrogens with zero attached hydrogens (tertiary/aromatic N) is 2. The van der Waals surface area contributed by atoms with Gasteiger partial charge in [0.2, 0.25) is 10.0 Å². The van der Waals surface area contributed by atoms with Crippen molar-refractivity contribution < 1.29 is 18.4 Å². The third-order valence-electron chi connectivity index (χ3n) is 3.36. The van der Waals surface area contributed by atoms with Gasteiger partial charge in [0.15, 0.2) is 0 Å². The first-order valence-electron chi connectivity index (χ1n) is 5.97. The molecular formula is C12H18N2O5S. The lowest BCUT2D eigenvalue weighted by Crippen LogP contribution is -2.37. The second-order valence-electron chi connectivity index (χ2n) is 4.70. The maximum Gasteiger partial charge on any atom is 0.271 e. The van der Waals surface area contributed by atoms with Crippen LogP contribution in [0.3, 0.4) is 0 Å². The molecular weight excluding hydrogens is 284 g/mol. The molecule has 0 aromatic heterocycles. The summed E-state index contributed by atoms with van der Waals surface area (Å²) in [5.74, 6) is 0. The molecule has 112 valence electrons. The highest BCUT2D eigenvalue weighted by Crippen LogP contribution is 2.27. The number of benzene rings is 1. The third kappa shape index (κ3) is 2.97. The lowest BCUT2D eigenvalue weighted by atomic mass is 10.1. The number of likely N-dealkylation sites (N-methyl/N-ethyl adjacent to an activating group) is 1. The molecule has 1 aromatic carbocycles. The fourth-order valence-corrected chi connectivity index (χ4v) is 3.36. The van der Waals surface area contributed by atoms with Crippen molar-refractivity contribution in [3.8, 4) is 0 Å². The molecule has 8 heteroatoms. The zero-order chi connectivity index (χ0) is 15.7. The predicted octanol–water partition coefficient (Wildman–Crippen LogP) is 1.21. The molecule has 1 atom stereocenters. The van der Waals surface area contributed by atoms with Gasteiger partial charge in [-0.2, -0.15) is 4.31 Å². The summed E-state index contributed by atoms with van der Waals surface area (Å²) in [4.78, 5) is 10.1. The Morgan fingerprint density at radius 2 is 1.95 bits per heavy atom. The highest BCUT2D eigenvalue weighted by atomic mass is 32.2. The van der Waals surface area contributed by atoms with Crippen LogP contribution in [0.25, 0.3) is 0 Å². The third-order valence-corrected chi connectivity index (χ3v) is 5.46. The number of nitro groups is 1. The number of non-ortho nitro benzene ring substituents is 1. The molecule has 0 aliphatic carbocycles. The first-order chi connectivity index (χ1) is 9.12. The summed E-state index contributed by atoms with van der Waals surface area (Å²) in [6, 6.07) is 1.78. The molecule has 0 saturated heterocycles. The van der Waals surface area contributed by atoms with E-state index in [1.165, 1.54) is 13.1 Å². The van der Waals surface area contributed by atoms with Gasteiger partial charge in [-0.25, -0.2) is 8.42 Å². The van der Waals surface area contributed by atoms with E-state index >= 15 is 0 Å². The van der Waals surface area contributed by atoms with Crippen LogP contribution in [0.15, 0.2) is 17.0 Å². The summed E-state index contributed by atoms with van der Waals surface area (Å²) in [5, 5.41) is 19.9. The Hall–Kier alpha value is -1.51. The van der Waals surface area contributed by atoms with Gasteiger partial charge in [0.1, 0.15) is 0 Å². The van der Waals surface area contributed by atoms with Gasteiger partial charge in [0.05, 0.1) is 16.4 Å². The van der Waals surface area contributed by atoms with Gasteiger partial charge < -0.3 is 5.11 Å². The second kappa shape index (κ2) is 5.86. The number of hydrogen-bond donors (Lipinski definition) is 1. The van der Waals surface area contributed by atoms with Gasteiger partial charge in [0.25, 0.3) is 5.69 Å². The van der Waals surface area contributed by atoms with Gasteiger partial charge in [-0.3, -0.25) is 10.1 Å². The molecule has 0 heterocycles. The zero-order valence-corrected chi connectivity index (χ0v) is 12.6. The van der Waals surface area contributed by atoms with Crippen molar-refractivity contribution in [3.05, 3.63) is 33.4 Å². The second-order valence-corrected chi connectivity index (χ2v) is 6.66. The summed E-state index contributed by atoms with van der Waals surface area (Å²) in [7, 11) is -2.55. The van der Waals surface area contributed by atoms with E-state index in [1.54, 1.807) is 20.8 Å². The summed E-state index contributed by atoms with van der Waals surface area (Å²) in [6.45, 7) is 4.44. The SMILES string of the molecule is Cc1cc([N+](=O)[O-])cc(S(=O)(=O)N(C)C(C)CO)c1C. The number of rotatable bonds is 5. The standard InChI is InChI=1S/C12H18N2O5S/c1-8-5-11(14(16)17)6-12(10(8)3)20(18,19)13(4)9(2)7-15/h5-6,9,15H,7H2,1-4H3. The molecule has 1 N–H and O–H groups in total. The molecule has 0 fully saturated rings. The van der Waals surface area contributed by atoms with Gasteiger partial charge in [-0.15, -0.1) is 0 Å². The molecule has 0 aliphatic heterocycles. The van der Waals surface area contributed by atoms with Gasteiger partial charge in [-0.05, 0) is 31.9 Å². The minimum atomic E-state index is -3.89. The van der Waals surface area contributed by atoms with Crippen LogP contribution in [-0.2, 0) is 10.0 Å². The minimum absolute atomic E-state index is 0.105. The van der Waals surface area contributed by atoms with Crippen molar-refractivity contribution in [2.45, 2.75) is 31.7 Å². The zero-order valence-electron chi connectivity index (χ0n) is 11.8. The Bertz CT molecular complexity index is 627. The minimum Gasteiger partial charge on any atom is -0.395 e. The summed E-state index contributed by atoms with van der Waals surface area (Å²) >= 11 is 0. The molecule has 20 heavy (non-hydrogen) atoms. The van der Waals surface area contributed by atoms with Crippen LogP contribution in [0.2, 0.25) is 0 Å². The first kappa shape index (κ1) is 16.5. The smallest absolute Gasteiger partial charge is 0.271 e. The Kier molecular flexibility index (Phi) is 4.85. The van der Waals surface area contributed by atoms with Gasteiger partial charge in [-0.1, -0.05) is 0 Å².